The van der Waals surface area contributed by atoms with Crippen LogP contribution in [0.5, 0.6) is 5.75 Å². The highest BCUT2D eigenvalue weighted by Gasteiger charge is 2.38. The molecule has 3 aliphatic heterocycles. The smallest absolute Gasteiger partial charge is 0.176 e. The number of aliphatic hydroxyl groups is 2. The van der Waals surface area contributed by atoms with Crippen molar-refractivity contribution in [2.45, 2.75) is 116 Å². The van der Waals surface area contributed by atoms with Gasteiger partial charge < -0.3 is 41.0 Å². The molecule has 0 radical (unpaired) electrons. The van der Waals surface area contributed by atoms with E-state index in [4.69, 9.17) is 26.2 Å². The van der Waals surface area contributed by atoms with Gasteiger partial charge in [-0.25, -0.2) is 9.97 Å². The number of ether oxygens (including phenoxy) is 1. The molecule has 5 aromatic rings. The summed E-state index contributed by atoms with van der Waals surface area (Å²) in [5.41, 5.74) is 20.1. The fourth-order valence-electron chi connectivity index (χ4n) is 8.84. The number of benzene rings is 2. The molecule has 8 unspecified atom stereocenters. The van der Waals surface area contributed by atoms with Gasteiger partial charge in [-0.3, -0.25) is 9.80 Å². The summed E-state index contributed by atoms with van der Waals surface area (Å²) >= 11 is 0. The molecule has 3 aromatic heterocycles. The Bertz CT molecular complexity index is 2090. The molecule has 12 nitrogen and oxygen atoms in total. The molecule has 0 aliphatic carbocycles. The topological polar surface area (TPSA) is 170 Å². The Morgan fingerprint density at radius 2 is 1.41 bits per heavy atom. The molecule has 12 heteroatoms. The van der Waals surface area contributed by atoms with Gasteiger partial charge in [0.05, 0.1) is 47.1 Å². The molecule has 3 aliphatic rings. The van der Waals surface area contributed by atoms with Gasteiger partial charge in [0, 0.05) is 53.7 Å². The van der Waals surface area contributed by atoms with E-state index in [2.05, 4.69) is 87.6 Å². The molecular weight excluding hydrogens is 679 g/mol. The van der Waals surface area contributed by atoms with Crippen LogP contribution in [-0.2, 0) is 0 Å². The zero-order valence-electron chi connectivity index (χ0n) is 32.2. The molecule has 54 heavy (non-hydrogen) atoms. The SMILES string of the molecule is CCC(C)C(N)C(O)N1CCCC1c1ncc(-c2ccc3c(c2)OC(CC)n2c-3cc3cc(-c4cnc(C5CCCN5C(O)C(N)C(C)C)[nH]4)ccc32)[nH]1. The number of hydrogen-bond donors (Lipinski definition) is 6. The van der Waals surface area contributed by atoms with E-state index < -0.39 is 12.5 Å². The molecule has 288 valence electrons. The van der Waals surface area contributed by atoms with Crippen molar-refractivity contribution in [3.63, 3.8) is 0 Å². The largest absolute Gasteiger partial charge is 0.469 e. The molecule has 8 rings (SSSR count). The van der Waals surface area contributed by atoms with E-state index in [9.17, 15) is 10.2 Å². The Morgan fingerprint density at radius 3 is 2.00 bits per heavy atom. The summed E-state index contributed by atoms with van der Waals surface area (Å²) in [6, 6.07) is 14.6. The summed E-state index contributed by atoms with van der Waals surface area (Å²) in [4.78, 5) is 21.0. The third-order valence-corrected chi connectivity index (χ3v) is 12.5. The Labute approximate surface area is 317 Å². The molecule has 2 saturated heterocycles. The van der Waals surface area contributed by atoms with Crippen LogP contribution < -0.4 is 16.2 Å². The van der Waals surface area contributed by atoms with E-state index in [0.29, 0.717) is 0 Å². The van der Waals surface area contributed by atoms with Gasteiger partial charge in [-0.1, -0.05) is 53.2 Å². The highest BCUT2D eigenvalue weighted by Crippen LogP contribution is 2.45. The number of nitrogens with one attached hydrogen (secondary N) is 2. The van der Waals surface area contributed by atoms with Crippen LogP contribution in [0.4, 0.5) is 0 Å². The number of rotatable bonds is 12. The van der Waals surface area contributed by atoms with Gasteiger partial charge in [0.25, 0.3) is 0 Å². The van der Waals surface area contributed by atoms with Gasteiger partial charge in [0.2, 0.25) is 0 Å². The van der Waals surface area contributed by atoms with E-state index in [0.717, 1.165) is 114 Å². The zero-order valence-corrected chi connectivity index (χ0v) is 32.2. The van der Waals surface area contributed by atoms with Crippen molar-refractivity contribution in [2.75, 3.05) is 13.1 Å². The van der Waals surface area contributed by atoms with Gasteiger partial charge >= 0.3 is 0 Å². The second kappa shape index (κ2) is 14.9. The minimum absolute atomic E-state index is 0.00455. The quantitative estimate of drug-likeness (QED) is 0.0821. The Morgan fingerprint density at radius 1 is 0.815 bits per heavy atom. The minimum Gasteiger partial charge on any atom is -0.469 e. The van der Waals surface area contributed by atoms with Crippen LogP contribution in [0.2, 0.25) is 0 Å². The second-order valence-electron chi connectivity index (χ2n) is 16.1. The standard InChI is InChI=1S/C42H57N9O3/c1-6-24(5)38(44)42(53)50-17-9-11-33(50)40-46-22-30(48-40)26-12-14-28-34-19-27-18-25(13-15-31(27)51(34)36(7-2)54-35(28)20-26)29-21-45-39(47-29)32-10-8-16-49(32)41(52)37(43)23(3)4/h12-15,18-24,32-33,36-38,41-42,52-53H,6-11,16-17,43-44H2,1-5H3,(H,45,47)(H,46,48). The normalized spacial score (nSPS) is 23.3. The first kappa shape index (κ1) is 36.9. The summed E-state index contributed by atoms with van der Waals surface area (Å²) < 4.78 is 9.02. The van der Waals surface area contributed by atoms with Crippen molar-refractivity contribution in [3.8, 4) is 39.5 Å². The average Bonchev–Trinajstić information content (AvgIpc) is 4.03. The van der Waals surface area contributed by atoms with Crippen LogP contribution in [0, 0.1) is 11.8 Å². The van der Waals surface area contributed by atoms with Gasteiger partial charge in [0.15, 0.2) is 6.23 Å². The molecule has 0 saturated carbocycles. The zero-order chi connectivity index (χ0) is 37.8. The van der Waals surface area contributed by atoms with Crippen LogP contribution in [0.3, 0.4) is 0 Å². The molecule has 2 fully saturated rings. The second-order valence-corrected chi connectivity index (χ2v) is 16.1. The third-order valence-electron chi connectivity index (χ3n) is 12.5. The number of nitrogens with two attached hydrogens (primary N) is 2. The highest BCUT2D eigenvalue weighted by atomic mass is 16.5. The van der Waals surface area contributed by atoms with Crippen LogP contribution in [0.1, 0.15) is 103 Å². The average molecular weight is 736 g/mol. The lowest BCUT2D eigenvalue weighted by Crippen LogP contribution is -2.50. The van der Waals surface area contributed by atoms with Crippen molar-refractivity contribution in [2.24, 2.45) is 23.3 Å². The number of H-pyrrole nitrogens is 2. The van der Waals surface area contributed by atoms with E-state index in [1.165, 1.54) is 0 Å². The number of aromatic nitrogens is 5. The van der Waals surface area contributed by atoms with Gasteiger partial charge in [0.1, 0.15) is 29.9 Å². The molecule has 0 spiro atoms. The van der Waals surface area contributed by atoms with Crippen LogP contribution in [0.15, 0.2) is 54.9 Å². The molecule has 2 aromatic carbocycles. The summed E-state index contributed by atoms with van der Waals surface area (Å²) in [7, 11) is 0. The van der Waals surface area contributed by atoms with Crippen molar-refractivity contribution < 1.29 is 14.9 Å². The highest BCUT2D eigenvalue weighted by molar-refractivity contribution is 5.92. The molecule has 0 amide bonds. The molecule has 6 heterocycles. The number of hydrogen-bond acceptors (Lipinski definition) is 9. The first-order valence-electron chi connectivity index (χ1n) is 20.0. The van der Waals surface area contributed by atoms with Gasteiger partial charge in [-0.15, -0.1) is 0 Å². The summed E-state index contributed by atoms with van der Waals surface area (Å²) in [6.07, 6.45) is 7.81. The molecular formula is C42H57N9O3. The lowest BCUT2D eigenvalue weighted by Gasteiger charge is -2.34. The summed E-state index contributed by atoms with van der Waals surface area (Å²) in [5, 5.41) is 23.4. The minimum atomic E-state index is -0.707. The van der Waals surface area contributed by atoms with E-state index in [1.54, 1.807) is 0 Å². The van der Waals surface area contributed by atoms with Crippen molar-refractivity contribution in [1.82, 2.24) is 34.3 Å². The van der Waals surface area contributed by atoms with Gasteiger partial charge in [-0.2, -0.15) is 0 Å². The maximum atomic E-state index is 11.2. The third kappa shape index (κ3) is 6.46. The first-order chi connectivity index (χ1) is 26.1. The number of fused-ring (bicyclic) bond motifs is 5. The number of aromatic amines is 2. The lowest BCUT2D eigenvalue weighted by molar-refractivity contribution is -0.0371. The van der Waals surface area contributed by atoms with Crippen LogP contribution >= 0.6 is 0 Å². The lowest BCUT2D eigenvalue weighted by atomic mass is 9.97. The van der Waals surface area contributed by atoms with Crippen molar-refractivity contribution >= 4 is 10.9 Å². The predicted octanol–water partition coefficient (Wildman–Crippen LogP) is 6.66. The number of aliphatic hydroxyl groups excluding tert-OH is 2. The maximum Gasteiger partial charge on any atom is 0.176 e. The van der Waals surface area contributed by atoms with E-state index in [1.807, 2.05) is 26.2 Å². The molecule has 0 bridgehead atoms. The fraction of sp³-hybridized carbons (Fsp3) is 0.524. The van der Waals surface area contributed by atoms with E-state index in [-0.39, 0.29) is 42.2 Å². The monoisotopic (exact) mass is 735 g/mol. The predicted molar refractivity (Wildman–Crippen MR) is 212 cm³/mol. The maximum absolute atomic E-state index is 11.2. The van der Waals surface area contributed by atoms with Gasteiger partial charge in [-0.05, 0) is 67.9 Å². The van der Waals surface area contributed by atoms with Crippen molar-refractivity contribution in [1.29, 1.82) is 0 Å². The summed E-state index contributed by atoms with van der Waals surface area (Å²) in [6.45, 7) is 12.1. The Hall–Kier alpha value is -4.04. The number of imidazole rings is 2. The number of nitrogens with zero attached hydrogens (tertiary/aromatic N) is 5. The van der Waals surface area contributed by atoms with Crippen LogP contribution in [0.25, 0.3) is 44.7 Å². The fourth-order valence-corrected chi connectivity index (χ4v) is 8.84. The van der Waals surface area contributed by atoms with Crippen LogP contribution in [-0.4, -0.2) is 82.1 Å². The Balaban J connectivity index is 1.05. The van der Waals surface area contributed by atoms with E-state index >= 15 is 0 Å². The Kier molecular flexibility index (Phi) is 10.2. The molecule has 8 N–H and O–H groups in total. The molecule has 8 atom stereocenters. The summed E-state index contributed by atoms with van der Waals surface area (Å²) in [5.74, 6) is 2.98. The first-order valence-corrected chi connectivity index (χ1v) is 20.0. The van der Waals surface area contributed by atoms with Crippen molar-refractivity contribution in [3.05, 3.63) is 66.5 Å². The number of likely N-dealkylation sites (tertiary alicyclic amines) is 2.